The lowest BCUT2D eigenvalue weighted by atomic mass is 9.98. The topological polar surface area (TPSA) is 86.2 Å². The first-order valence-electron chi connectivity index (χ1n) is 7.34. The van der Waals surface area contributed by atoms with Crippen LogP contribution in [-0.2, 0) is 10.0 Å². The van der Waals surface area contributed by atoms with E-state index in [9.17, 15) is 17.2 Å². The van der Waals surface area contributed by atoms with Gasteiger partial charge in [0.25, 0.3) is 0 Å². The lowest BCUT2D eigenvalue weighted by molar-refractivity contribution is 0.400. The zero-order valence-electron chi connectivity index (χ0n) is 13.7. The molecule has 26 heavy (non-hydrogen) atoms. The Morgan fingerprint density at radius 2 is 1.81 bits per heavy atom. The fourth-order valence-corrected chi connectivity index (χ4v) is 3.54. The van der Waals surface area contributed by atoms with Crippen LogP contribution in [0.1, 0.15) is 11.3 Å². The minimum Gasteiger partial charge on any atom is -0.360 e. The van der Waals surface area contributed by atoms with Crippen molar-refractivity contribution in [1.29, 1.82) is 0 Å². The first kappa shape index (κ1) is 18.7. The molecule has 0 spiro atoms. The Balaban J connectivity index is 2.24. The van der Waals surface area contributed by atoms with Crippen LogP contribution in [-0.4, -0.2) is 13.6 Å². The van der Waals surface area contributed by atoms with E-state index in [4.69, 9.17) is 9.66 Å². The number of primary sulfonamides is 1. The van der Waals surface area contributed by atoms with Crippen molar-refractivity contribution in [3.8, 4) is 22.4 Å². The van der Waals surface area contributed by atoms with Crippen molar-refractivity contribution in [2.24, 2.45) is 5.14 Å². The Morgan fingerprint density at radius 3 is 2.42 bits per heavy atom. The molecule has 136 valence electrons. The maximum Gasteiger partial charge on any atom is 0.241 e. The van der Waals surface area contributed by atoms with E-state index in [0.717, 1.165) is 16.1 Å². The number of aromatic nitrogens is 1. The molecule has 9 heteroatoms. The van der Waals surface area contributed by atoms with E-state index in [-0.39, 0.29) is 16.9 Å². The van der Waals surface area contributed by atoms with Gasteiger partial charge in [-0.2, -0.15) is 0 Å². The summed E-state index contributed by atoms with van der Waals surface area (Å²) >= 11 is 3.42. The Kier molecular flexibility index (Phi) is 4.72. The van der Waals surface area contributed by atoms with E-state index in [0.29, 0.717) is 17.3 Å². The first-order valence-corrected chi connectivity index (χ1v) is 9.68. The average molecular weight is 443 g/mol. The lowest BCUT2D eigenvalue weighted by Crippen LogP contribution is -2.14. The van der Waals surface area contributed by atoms with Crippen LogP contribution >= 0.6 is 15.9 Å². The summed E-state index contributed by atoms with van der Waals surface area (Å²) in [6.07, 6.45) is 0. The van der Waals surface area contributed by atoms with E-state index in [1.54, 1.807) is 19.1 Å². The third kappa shape index (κ3) is 3.29. The second-order valence-corrected chi connectivity index (χ2v) is 8.12. The Bertz CT molecular complexity index is 1130. The van der Waals surface area contributed by atoms with Crippen LogP contribution < -0.4 is 5.14 Å². The highest BCUT2D eigenvalue weighted by Gasteiger charge is 2.24. The SMILES string of the molecule is Cc1ccc(-c2noc(C)c2-c2cc(F)c(S(N)(=O)=O)cc2F)cc1Br. The summed E-state index contributed by atoms with van der Waals surface area (Å²) in [5.74, 6) is -1.84. The normalized spacial score (nSPS) is 11.8. The van der Waals surface area contributed by atoms with Crippen LogP contribution in [0.15, 0.2) is 44.2 Å². The number of nitrogens with two attached hydrogens (primary N) is 1. The molecule has 0 aliphatic rings. The molecule has 0 saturated carbocycles. The monoisotopic (exact) mass is 442 g/mol. The molecular formula is C17H13BrF2N2O3S. The van der Waals surface area contributed by atoms with Crippen molar-refractivity contribution in [1.82, 2.24) is 5.16 Å². The van der Waals surface area contributed by atoms with Crippen molar-refractivity contribution in [3.05, 3.63) is 57.8 Å². The maximum absolute atomic E-state index is 14.6. The third-order valence-corrected chi connectivity index (χ3v) is 5.69. The summed E-state index contributed by atoms with van der Waals surface area (Å²) in [6, 6.07) is 6.73. The Labute approximate surface area is 157 Å². The molecule has 0 saturated heterocycles. The smallest absolute Gasteiger partial charge is 0.241 e. The molecule has 0 aliphatic heterocycles. The van der Waals surface area contributed by atoms with Gasteiger partial charge in [-0.25, -0.2) is 22.3 Å². The molecular weight excluding hydrogens is 430 g/mol. The second-order valence-electron chi connectivity index (χ2n) is 5.73. The predicted molar refractivity (Wildman–Crippen MR) is 95.8 cm³/mol. The van der Waals surface area contributed by atoms with Crippen LogP contribution in [0.4, 0.5) is 8.78 Å². The molecule has 5 nitrogen and oxygen atoms in total. The van der Waals surface area contributed by atoms with Gasteiger partial charge in [0.15, 0.2) is 0 Å². The second kappa shape index (κ2) is 6.57. The molecule has 1 heterocycles. The highest BCUT2D eigenvalue weighted by molar-refractivity contribution is 9.10. The van der Waals surface area contributed by atoms with E-state index >= 15 is 0 Å². The molecule has 1 aromatic heterocycles. The number of aryl methyl sites for hydroxylation is 2. The van der Waals surface area contributed by atoms with Crippen molar-refractivity contribution >= 4 is 26.0 Å². The summed E-state index contributed by atoms with van der Waals surface area (Å²) in [5, 5.41) is 8.85. The number of benzene rings is 2. The summed E-state index contributed by atoms with van der Waals surface area (Å²) in [7, 11) is -4.38. The fraction of sp³-hybridized carbons (Fsp3) is 0.118. The van der Waals surface area contributed by atoms with Crippen molar-refractivity contribution in [2.75, 3.05) is 0 Å². The van der Waals surface area contributed by atoms with Gasteiger partial charge in [-0.1, -0.05) is 33.2 Å². The molecule has 0 amide bonds. The quantitative estimate of drug-likeness (QED) is 0.654. The van der Waals surface area contributed by atoms with Crippen LogP contribution in [0.5, 0.6) is 0 Å². The molecule has 0 aliphatic carbocycles. The van der Waals surface area contributed by atoms with Gasteiger partial charge in [-0.3, -0.25) is 0 Å². The number of nitrogens with zero attached hydrogens (tertiary/aromatic N) is 1. The number of halogens is 3. The number of hydrogen-bond donors (Lipinski definition) is 1. The van der Waals surface area contributed by atoms with Gasteiger partial charge in [0.05, 0.1) is 5.56 Å². The van der Waals surface area contributed by atoms with Gasteiger partial charge in [-0.15, -0.1) is 0 Å². The van der Waals surface area contributed by atoms with Crippen LogP contribution in [0.25, 0.3) is 22.4 Å². The highest BCUT2D eigenvalue weighted by atomic mass is 79.9. The van der Waals surface area contributed by atoms with Crippen LogP contribution in [0.3, 0.4) is 0 Å². The largest absolute Gasteiger partial charge is 0.360 e. The summed E-state index contributed by atoms with van der Waals surface area (Å²) < 4.78 is 57.5. The Hall–Kier alpha value is -2.10. The molecule has 2 aromatic carbocycles. The lowest BCUT2D eigenvalue weighted by Gasteiger charge is -2.08. The highest BCUT2D eigenvalue weighted by Crippen LogP contribution is 2.38. The van der Waals surface area contributed by atoms with E-state index in [2.05, 4.69) is 21.1 Å². The number of rotatable bonds is 3. The maximum atomic E-state index is 14.6. The fourth-order valence-electron chi connectivity index (χ4n) is 2.56. The standard InChI is InChI=1S/C17H13BrF2N2O3S/c1-8-3-4-10(5-12(8)18)17-16(9(2)25-22-17)11-6-14(20)15(7-13(11)19)26(21,23)24/h3-7H,1-2H3,(H2,21,23,24). The zero-order valence-corrected chi connectivity index (χ0v) is 16.1. The van der Waals surface area contributed by atoms with Crippen LogP contribution in [0, 0.1) is 25.5 Å². The molecule has 0 bridgehead atoms. The van der Waals surface area contributed by atoms with E-state index < -0.39 is 26.6 Å². The van der Waals surface area contributed by atoms with Crippen molar-refractivity contribution in [2.45, 2.75) is 18.7 Å². The van der Waals surface area contributed by atoms with Gasteiger partial charge in [0.2, 0.25) is 10.0 Å². The van der Waals surface area contributed by atoms with Gasteiger partial charge in [-0.05, 0) is 37.6 Å². The van der Waals surface area contributed by atoms with E-state index in [1.807, 2.05) is 13.0 Å². The van der Waals surface area contributed by atoms with Gasteiger partial charge in [0, 0.05) is 15.6 Å². The summed E-state index contributed by atoms with van der Waals surface area (Å²) in [6.45, 7) is 3.46. The molecule has 0 fully saturated rings. The summed E-state index contributed by atoms with van der Waals surface area (Å²) in [5.41, 5.74) is 2.00. The third-order valence-electron chi connectivity index (χ3n) is 3.91. The van der Waals surface area contributed by atoms with Crippen molar-refractivity contribution in [3.63, 3.8) is 0 Å². The minimum atomic E-state index is -4.38. The van der Waals surface area contributed by atoms with Gasteiger partial charge in [0.1, 0.15) is 28.0 Å². The van der Waals surface area contributed by atoms with Gasteiger partial charge < -0.3 is 4.52 Å². The molecule has 0 unspecified atom stereocenters. The van der Waals surface area contributed by atoms with E-state index in [1.165, 1.54) is 0 Å². The molecule has 0 radical (unpaired) electrons. The minimum absolute atomic E-state index is 0.166. The summed E-state index contributed by atoms with van der Waals surface area (Å²) in [4.78, 5) is -0.910. The molecule has 3 rings (SSSR count). The van der Waals surface area contributed by atoms with Gasteiger partial charge >= 0.3 is 0 Å². The Morgan fingerprint density at radius 1 is 1.12 bits per heavy atom. The van der Waals surface area contributed by atoms with Crippen molar-refractivity contribution < 1.29 is 21.7 Å². The average Bonchev–Trinajstić information content (AvgIpc) is 2.92. The first-order chi connectivity index (χ1) is 12.1. The molecule has 3 aromatic rings. The zero-order chi connectivity index (χ0) is 19.2. The molecule has 0 atom stereocenters. The molecule has 2 N–H and O–H groups in total. The number of hydrogen-bond acceptors (Lipinski definition) is 4. The number of sulfonamides is 1. The van der Waals surface area contributed by atoms with Crippen LogP contribution in [0.2, 0.25) is 0 Å². The predicted octanol–water partition coefficient (Wildman–Crippen LogP) is 4.31.